The van der Waals surface area contributed by atoms with Crippen LogP contribution < -0.4 is 5.32 Å². The molecule has 0 bridgehead atoms. The van der Waals surface area contributed by atoms with E-state index in [4.69, 9.17) is 0 Å². The Bertz CT molecular complexity index is 1060. The molecule has 1 saturated heterocycles. The van der Waals surface area contributed by atoms with Crippen LogP contribution in [-0.2, 0) is 4.79 Å². The van der Waals surface area contributed by atoms with Gasteiger partial charge in [-0.2, -0.15) is 0 Å². The highest BCUT2D eigenvalue weighted by Gasteiger charge is 2.29. The molecule has 1 aliphatic heterocycles. The summed E-state index contributed by atoms with van der Waals surface area (Å²) in [4.78, 5) is 29.1. The van der Waals surface area contributed by atoms with Crippen molar-refractivity contribution in [2.24, 2.45) is 5.92 Å². The predicted molar refractivity (Wildman–Crippen MR) is 118 cm³/mol. The van der Waals surface area contributed by atoms with Crippen molar-refractivity contribution in [1.29, 1.82) is 0 Å². The largest absolute Gasteiger partial charge is 0.337 e. The zero-order chi connectivity index (χ0) is 21.1. The second kappa shape index (κ2) is 8.79. The Morgan fingerprint density at radius 2 is 1.87 bits per heavy atom. The van der Waals surface area contributed by atoms with E-state index in [1.54, 1.807) is 11.0 Å². The highest BCUT2D eigenvalue weighted by atomic mass is 32.1. The van der Waals surface area contributed by atoms with Crippen LogP contribution in [0.1, 0.15) is 27.4 Å². The van der Waals surface area contributed by atoms with Crippen LogP contribution in [0.5, 0.6) is 0 Å². The average molecular weight is 423 g/mol. The lowest BCUT2D eigenvalue weighted by Gasteiger charge is -2.31. The van der Waals surface area contributed by atoms with Crippen molar-refractivity contribution in [3.05, 3.63) is 76.2 Å². The summed E-state index contributed by atoms with van der Waals surface area (Å²) in [5.74, 6) is -0.580. The fourth-order valence-electron chi connectivity index (χ4n) is 3.74. The first kappa shape index (κ1) is 20.3. The van der Waals surface area contributed by atoms with Gasteiger partial charge in [0.25, 0.3) is 5.91 Å². The standard InChI is InChI=1S/C24H23FN2O2S/c1-16-7-12-22(30-16)24(29)27-13-3-5-19(15-27)23(28)26-21-10-8-17(9-11-21)18-4-2-6-20(25)14-18/h2,4,6-12,14,19H,3,5,13,15H2,1H3,(H,26,28). The Balaban J connectivity index is 1.39. The van der Waals surface area contributed by atoms with Gasteiger partial charge in [0.1, 0.15) is 5.82 Å². The number of aryl methyl sites for hydroxylation is 1. The monoisotopic (exact) mass is 422 g/mol. The minimum atomic E-state index is -0.279. The van der Waals surface area contributed by atoms with E-state index < -0.39 is 0 Å². The number of piperidine rings is 1. The Kier molecular flexibility index (Phi) is 5.95. The third-order valence-corrected chi connectivity index (χ3v) is 6.33. The molecule has 0 aliphatic carbocycles. The number of thiophene rings is 1. The van der Waals surface area contributed by atoms with Gasteiger partial charge in [0.15, 0.2) is 0 Å². The number of amides is 2. The van der Waals surface area contributed by atoms with Crippen LogP contribution in [0.25, 0.3) is 11.1 Å². The lowest BCUT2D eigenvalue weighted by molar-refractivity contribution is -0.121. The van der Waals surface area contributed by atoms with Crippen molar-refractivity contribution in [3.8, 4) is 11.1 Å². The van der Waals surface area contributed by atoms with E-state index in [0.29, 0.717) is 18.8 Å². The number of anilines is 1. The van der Waals surface area contributed by atoms with Crippen LogP contribution in [-0.4, -0.2) is 29.8 Å². The second-order valence-electron chi connectivity index (χ2n) is 7.58. The fourth-order valence-corrected chi connectivity index (χ4v) is 4.57. The fraction of sp³-hybridized carbons (Fsp3) is 0.250. The van der Waals surface area contributed by atoms with E-state index in [0.717, 1.165) is 33.7 Å². The van der Waals surface area contributed by atoms with E-state index in [1.165, 1.54) is 23.5 Å². The number of hydrogen-bond acceptors (Lipinski definition) is 3. The van der Waals surface area contributed by atoms with Gasteiger partial charge >= 0.3 is 0 Å². The molecule has 1 fully saturated rings. The molecule has 1 atom stereocenters. The summed E-state index contributed by atoms with van der Waals surface area (Å²) in [6, 6.07) is 17.6. The molecule has 0 spiro atoms. The molecule has 2 amide bonds. The van der Waals surface area contributed by atoms with Crippen molar-refractivity contribution in [3.63, 3.8) is 0 Å². The quantitative estimate of drug-likeness (QED) is 0.616. The van der Waals surface area contributed by atoms with Crippen molar-refractivity contribution >= 4 is 28.8 Å². The molecule has 3 aromatic rings. The summed E-state index contributed by atoms with van der Waals surface area (Å²) in [6.45, 7) is 3.10. The first-order valence-corrected chi connectivity index (χ1v) is 10.8. The lowest BCUT2D eigenvalue weighted by atomic mass is 9.96. The highest BCUT2D eigenvalue weighted by molar-refractivity contribution is 7.13. The molecule has 1 unspecified atom stereocenters. The predicted octanol–water partition coefficient (Wildman–Crippen LogP) is 5.35. The maximum Gasteiger partial charge on any atom is 0.263 e. The molecule has 4 rings (SSSR count). The van der Waals surface area contributed by atoms with Crippen molar-refractivity contribution in [1.82, 2.24) is 4.90 Å². The molecule has 2 aromatic carbocycles. The van der Waals surface area contributed by atoms with Gasteiger partial charge in [-0.1, -0.05) is 24.3 Å². The van der Waals surface area contributed by atoms with Crippen LogP contribution in [0.4, 0.5) is 10.1 Å². The number of carbonyl (C=O) groups excluding carboxylic acids is 2. The third-order valence-electron chi connectivity index (χ3n) is 5.34. The third kappa shape index (κ3) is 4.60. The van der Waals surface area contributed by atoms with Crippen molar-refractivity contribution in [2.45, 2.75) is 19.8 Å². The molecule has 2 heterocycles. The normalized spacial score (nSPS) is 16.3. The van der Waals surface area contributed by atoms with E-state index in [9.17, 15) is 14.0 Å². The molecular formula is C24H23FN2O2S. The molecule has 1 aromatic heterocycles. The zero-order valence-corrected chi connectivity index (χ0v) is 17.5. The summed E-state index contributed by atoms with van der Waals surface area (Å²) in [5, 5.41) is 2.96. The number of rotatable bonds is 4. The number of nitrogens with one attached hydrogen (secondary N) is 1. The minimum Gasteiger partial charge on any atom is -0.337 e. The number of carbonyl (C=O) groups is 2. The summed E-state index contributed by atoms with van der Waals surface area (Å²) >= 11 is 1.49. The number of nitrogens with zero attached hydrogens (tertiary/aromatic N) is 1. The van der Waals surface area contributed by atoms with Crippen LogP contribution >= 0.6 is 11.3 Å². The molecule has 0 radical (unpaired) electrons. The Hall–Kier alpha value is -2.99. The second-order valence-corrected chi connectivity index (χ2v) is 8.87. The van der Waals surface area contributed by atoms with E-state index >= 15 is 0 Å². The molecule has 6 heteroatoms. The Labute approximate surface area is 179 Å². The van der Waals surface area contributed by atoms with Gasteiger partial charge in [-0.05, 0) is 67.3 Å². The highest BCUT2D eigenvalue weighted by Crippen LogP contribution is 2.25. The van der Waals surface area contributed by atoms with Crippen LogP contribution in [0, 0.1) is 18.7 Å². The summed E-state index contributed by atoms with van der Waals surface area (Å²) in [6.07, 6.45) is 1.58. The summed E-state index contributed by atoms with van der Waals surface area (Å²) in [7, 11) is 0. The summed E-state index contributed by atoms with van der Waals surface area (Å²) < 4.78 is 13.4. The van der Waals surface area contributed by atoms with E-state index in [-0.39, 0.29) is 23.5 Å². The lowest BCUT2D eigenvalue weighted by Crippen LogP contribution is -2.43. The van der Waals surface area contributed by atoms with Gasteiger partial charge in [-0.25, -0.2) is 4.39 Å². The number of benzene rings is 2. The average Bonchev–Trinajstić information content (AvgIpc) is 3.20. The van der Waals surface area contributed by atoms with Gasteiger partial charge in [0.2, 0.25) is 5.91 Å². The van der Waals surface area contributed by atoms with Crippen LogP contribution in [0.2, 0.25) is 0 Å². The zero-order valence-electron chi connectivity index (χ0n) is 16.7. The Morgan fingerprint density at radius 1 is 1.07 bits per heavy atom. The molecular weight excluding hydrogens is 399 g/mol. The van der Waals surface area contributed by atoms with Crippen molar-refractivity contribution in [2.75, 3.05) is 18.4 Å². The number of likely N-dealkylation sites (tertiary alicyclic amines) is 1. The number of hydrogen-bond donors (Lipinski definition) is 1. The van der Waals surface area contributed by atoms with Gasteiger partial charge in [0.05, 0.1) is 10.8 Å². The molecule has 1 aliphatic rings. The van der Waals surface area contributed by atoms with Crippen molar-refractivity contribution < 1.29 is 14.0 Å². The summed E-state index contributed by atoms with van der Waals surface area (Å²) in [5.41, 5.74) is 2.36. The topological polar surface area (TPSA) is 49.4 Å². The van der Waals surface area contributed by atoms with E-state index in [2.05, 4.69) is 5.32 Å². The maximum absolute atomic E-state index is 13.4. The molecule has 30 heavy (non-hydrogen) atoms. The first-order chi connectivity index (χ1) is 14.5. The molecule has 4 nitrogen and oxygen atoms in total. The van der Waals surface area contributed by atoms with Gasteiger partial charge in [0, 0.05) is 23.7 Å². The molecule has 154 valence electrons. The Morgan fingerprint density at radius 3 is 2.57 bits per heavy atom. The van der Waals surface area contributed by atoms with Gasteiger partial charge < -0.3 is 10.2 Å². The molecule has 1 N–H and O–H groups in total. The number of halogens is 1. The maximum atomic E-state index is 13.4. The van der Waals surface area contributed by atoms with Crippen LogP contribution in [0.3, 0.4) is 0 Å². The van der Waals surface area contributed by atoms with Gasteiger partial charge in [-0.15, -0.1) is 11.3 Å². The smallest absolute Gasteiger partial charge is 0.263 e. The minimum absolute atomic E-state index is 0.00467. The van der Waals surface area contributed by atoms with Crippen LogP contribution in [0.15, 0.2) is 60.7 Å². The first-order valence-electron chi connectivity index (χ1n) is 10.0. The SMILES string of the molecule is Cc1ccc(C(=O)N2CCCC(C(=O)Nc3ccc(-c4cccc(F)c4)cc3)C2)s1. The van der Waals surface area contributed by atoms with Gasteiger partial charge in [-0.3, -0.25) is 9.59 Å². The van der Waals surface area contributed by atoms with E-state index in [1.807, 2.05) is 49.4 Å². The molecule has 0 saturated carbocycles.